The second-order valence-electron chi connectivity index (χ2n) is 3.44. The number of benzene rings is 1. The first-order chi connectivity index (χ1) is 7.08. The van der Waals surface area contributed by atoms with Gasteiger partial charge in [0.15, 0.2) is 0 Å². The molecule has 0 aromatic heterocycles. The number of halogens is 1. The Bertz CT molecular complexity index is 408. The van der Waals surface area contributed by atoms with E-state index >= 15 is 0 Å². The van der Waals surface area contributed by atoms with Crippen LogP contribution in [0, 0.1) is 5.82 Å². The molecule has 1 aromatic rings. The fourth-order valence-electron chi connectivity index (χ4n) is 1.55. The molecule has 1 N–H and O–H groups in total. The lowest BCUT2D eigenvalue weighted by atomic mass is 10.2. The molecule has 0 fully saturated rings. The van der Waals surface area contributed by atoms with Crippen molar-refractivity contribution in [1.82, 2.24) is 0 Å². The highest BCUT2D eigenvalue weighted by molar-refractivity contribution is 5.76. The predicted octanol–water partition coefficient (Wildman–Crippen LogP) is 1.11. The molecule has 1 unspecified atom stereocenters. The van der Waals surface area contributed by atoms with Gasteiger partial charge in [0.25, 0.3) is 0 Å². The van der Waals surface area contributed by atoms with Crippen molar-refractivity contribution >= 4 is 11.7 Å². The molecule has 0 saturated heterocycles. The fraction of sp³-hybridized carbons (Fsp3) is 0.300. The van der Waals surface area contributed by atoms with Crippen LogP contribution in [0.15, 0.2) is 18.2 Å². The van der Waals surface area contributed by atoms with Gasteiger partial charge >= 0.3 is 5.97 Å². The largest absolute Gasteiger partial charge is 0.478 e. The van der Waals surface area contributed by atoms with Gasteiger partial charge in [-0.3, -0.25) is 0 Å². The van der Waals surface area contributed by atoms with Crippen molar-refractivity contribution in [3.63, 3.8) is 0 Å². The maximum absolute atomic E-state index is 12.9. The van der Waals surface area contributed by atoms with Crippen LogP contribution in [0.25, 0.3) is 0 Å². The van der Waals surface area contributed by atoms with Gasteiger partial charge in [0.05, 0.1) is 12.2 Å². The molecule has 0 aliphatic carbocycles. The van der Waals surface area contributed by atoms with Crippen molar-refractivity contribution in [2.45, 2.75) is 6.10 Å². The first kappa shape index (κ1) is 9.76. The van der Waals surface area contributed by atoms with Crippen molar-refractivity contribution in [3.8, 4) is 5.75 Å². The number of fused-ring (bicyclic) bond motifs is 1. The third kappa shape index (κ3) is 1.72. The molecule has 0 radical (unpaired) electrons. The van der Waals surface area contributed by atoms with Crippen molar-refractivity contribution in [1.29, 1.82) is 0 Å². The van der Waals surface area contributed by atoms with Gasteiger partial charge in [-0.15, -0.1) is 0 Å². The molecule has 5 heteroatoms. The second kappa shape index (κ2) is 3.42. The van der Waals surface area contributed by atoms with Crippen LogP contribution in [-0.2, 0) is 4.79 Å². The zero-order valence-electron chi connectivity index (χ0n) is 8.11. The summed E-state index contributed by atoms with van der Waals surface area (Å²) in [5, 5.41) is 8.81. The first-order valence-corrected chi connectivity index (χ1v) is 4.48. The number of anilines is 1. The van der Waals surface area contributed by atoms with Crippen molar-refractivity contribution in [3.05, 3.63) is 24.0 Å². The summed E-state index contributed by atoms with van der Waals surface area (Å²) in [5.74, 6) is -0.979. The van der Waals surface area contributed by atoms with Crippen LogP contribution in [-0.4, -0.2) is 30.8 Å². The van der Waals surface area contributed by atoms with E-state index in [1.165, 1.54) is 18.2 Å². The Morgan fingerprint density at radius 3 is 3.07 bits per heavy atom. The summed E-state index contributed by atoms with van der Waals surface area (Å²) in [5.41, 5.74) is 0.576. The highest BCUT2D eigenvalue weighted by Crippen LogP contribution is 2.32. The molecule has 1 aliphatic rings. The van der Waals surface area contributed by atoms with Gasteiger partial charge in [-0.1, -0.05) is 0 Å². The maximum Gasteiger partial charge on any atom is 0.346 e. The number of carboxylic acid groups (broad SMARTS) is 1. The molecule has 80 valence electrons. The number of ether oxygens (including phenoxy) is 1. The Kier molecular flexibility index (Phi) is 2.22. The lowest BCUT2D eigenvalue weighted by Crippen LogP contribution is -2.42. The molecule has 1 atom stereocenters. The minimum atomic E-state index is -1.02. The number of carbonyl (C=O) groups is 1. The molecule has 0 amide bonds. The minimum Gasteiger partial charge on any atom is -0.478 e. The standard InChI is InChI=1S/C10H10FNO3/c1-12-5-9(10(13)14)15-8-3-2-6(11)4-7(8)12/h2-4,9H,5H2,1H3,(H,13,14). The molecule has 15 heavy (non-hydrogen) atoms. The monoisotopic (exact) mass is 211 g/mol. The molecule has 0 saturated carbocycles. The number of aliphatic carboxylic acids is 1. The minimum absolute atomic E-state index is 0.214. The zero-order chi connectivity index (χ0) is 11.0. The van der Waals surface area contributed by atoms with E-state index < -0.39 is 12.1 Å². The number of nitrogens with zero attached hydrogens (tertiary/aromatic N) is 1. The SMILES string of the molecule is CN1CC(C(=O)O)Oc2ccc(F)cc21. The topological polar surface area (TPSA) is 49.8 Å². The Morgan fingerprint density at radius 2 is 2.40 bits per heavy atom. The molecule has 1 aromatic carbocycles. The molecule has 0 bridgehead atoms. The number of rotatable bonds is 1. The van der Waals surface area contributed by atoms with E-state index in [2.05, 4.69) is 0 Å². The third-order valence-electron chi connectivity index (χ3n) is 2.32. The first-order valence-electron chi connectivity index (χ1n) is 4.48. The van der Waals surface area contributed by atoms with Gasteiger partial charge in [-0.25, -0.2) is 9.18 Å². The van der Waals surface area contributed by atoms with Crippen LogP contribution in [0.3, 0.4) is 0 Å². The van der Waals surface area contributed by atoms with Crippen LogP contribution in [0.2, 0.25) is 0 Å². The maximum atomic E-state index is 12.9. The lowest BCUT2D eigenvalue weighted by Gasteiger charge is -2.31. The summed E-state index contributed by atoms with van der Waals surface area (Å²) in [7, 11) is 1.71. The van der Waals surface area contributed by atoms with Gasteiger partial charge in [0, 0.05) is 13.1 Å². The van der Waals surface area contributed by atoms with Crippen LogP contribution < -0.4 is 9.64 Å². The Labute approximate surface area is 85.9 Å². The van der Waals surface area contributed by atoms with Gasteiger partial charge in [0.2, 0.25) is 6.10 Å². The normalized spacial score (nSPS) is 19.3. The summed E-state index contributed by atoms with van der Waals surface area (Å²) < 4.78 is 18.1. The van der Waals surface area contributed by atoms with E-state index in [9.17, 15) is 9.18 Å². The fourth-order valence-corrected chi connectivity index (χ4v) is 1.55. The second-order valence-corrected chi connectivity index (χ2v) is 3.44. The summed E-state index contributed by atoms with van der Waals surface area (Å²) >= 11 is 0. The average molecular weight is 211 g/mol. The molecule has 0 spiro atoms. The zero-order valence-corrected chi connectivity index (χ0v) is 8.11. The average Bonchev–Trinajstić information content (AvgIpc) is 2.18. The van der Waals surface area contributed by atoms with Crippen LogP contribution >= 0.6 is 0 Å². The summed E-state index contributed by atoms with van der Waals surface area (Å²) in [4.78, 5) is 12.4. The lowest BCUT2D eigenvalue weighted by molar-refractivity contribution is -0.144. The van der Waals surface area contributed by atoms with E-state index in [1.807, 2.05) is 0 Å². The molecule has 4 nitrogen and oxygen atoms in total. The Balaban J connectivity index is 2.36. The van der Waals surface area contributed by atoms with Crippen molar-refractivity contribution < 1.29 is 19.0 Å². The number of hydrogen-bond acceptors (Lipinski definition) is 3. The number of carboxylic acids is 1. The van der Waals surface area contributed by atoms with E-state index in [4.69, 9.17) is 9.84 Å². The van der Waals surface area contributed by atoms with E-state index in [0.29, 0.717) is 11.4 Å². The summed E-state index contributed by atoms with van der Waals surface area (Å²) in [6.45, 7) is 0.214. The van der Waals surface area contributed by atoms with E-state index in [0.717, 1.165) is 0 Å². The smallest absolute Gasteiger partial charge is 0.346 e. The van der Waals surface area contributed by atoms with Gasteiger partial charge in [-0.2, -0.15) is 0 Å². The van der Waals surface area contributed by atoms with Gasteiger partial charge < -0.3 is 14.7 Å². The Hall–Kier alpha value is -1.78. The summed E-state index contributed by atoms with van der Waals surface area (Å²) in [6.07, 6.45) is -0.895. The predicted molar refractivity (Wildman–Crippen MR) is 51.7 cm³/mol. The van der Waals surface area contributed by atoms with Gasteiger partial charge in [-0.05, 0) is 12.1 Å². The molecular weight excluding hydrogens is 201 g/mol. The molecule has 2 rings (SSSR count). The van der Waals surface area contributed by atoms with E-state index in [1.54, 1.807) is 11.9 Å². The van der Waals surface area contributed by atoms with E-state index in [-0.39, 0.29) is 12.4 Å². The number of likely N-dealkylation sites (N-methyl/N-ethyl adjacent to an activating group) is 1. The third-order valence-corrected chi connectivity index (χ3v) is 2.32. The highest BCUT2D eigenvalue weighted by atomic mass is 19.1. The number of hydrogen-bond donors (Lipinski definition) is 1. The van der Waals surface area contributed by atoms with Crippen LogP contribution in [0.5, 0.6) is 5.75 Å². The van der Waals surface area contributed by atoms with Gasteiger partial charge in [0.1, 0.15) is 11.6 Å². The summed E-state index contributed by atoms with van der Waals surface area (Å²) in [6, 6.07) is 4.01. The van der Waals surface area contributed by atoms with Crippen molar-refractivity contribution in [2.75, 3.05) is 18.5 Å². The van der Waals surface area contributed by atoms with Crippen LogP contribution in [0.4, 0.5) is 10.1 Å². The Morgan fingerprint density at radius 1 is 1.67 bits per heavy atom. The molecular formula is C10H10FNO3. The quantitative estimate of drug-likeness (QED) is 0.755. The van der Waals surface area contributed by atoms with Crippen molar-refractivity contribution in [2.24, 2.45) is 0 Å². The molecule has 1 heterocycles. The highest BCUT2D eigenvalue weighted by Gasteiger charge is 2.28. The molecule has 1 aliphatic heterocycles. The van der Waals surface area contributed by atoms with Crippen LogP contribution in [0.1, 0.15) is 0 Å².